The molecule has 12 nitrogen and oxygen atoms in total. The lowest BCUT2D eigenvalue weighted by atomic mass is 10.0. The van der Waals surface area contributed by atoms with Crippen LogP contribution >= 0.6 is 68.1 Å². The van der Waals surface area contributed by atoms with Crippen LogP contribution in [0.1, 0.15) is 36.0 Å². The van der Waals surface area contributed by atoms with Crippen LogP contribution in [0.15, 0.2) is 111 Å². The minimum Gasteiger partial charge on any atom is -0.465 e. The monoisotopic (exact) mass is 986 g/mol. The second-order valence-electron chi connectivity index (χ2n) is 14.3. The molecule has 0 spiro atoms. The Labute approximate surface area is 381 Å². The number of anilines is 4. The third kappa shape index (κ3) is 11.4. The summed E-state index contributed by atoms with van der Waals surface area (Å²) in [5.41, 5.74) is 2.24. The molecule has 0 radical (unpaired) electrons. The zero-order chi connectivity index (χ0) is 42.0. The number of hydrogen-bond acceptors (Lipinski definition) is 11. The van der Waals surface area contributed by atoms with Gasteiger partial charge >= 0.3 is 5.97 Å². The van der Waals surface area contributed by atoms with Gasteiger partial charge in [-0.2, -0.15) is 10.2 Å². The molecule has 0 aliphatic carbocycles. The van der Waals surface area contributed by atoms with E-state index in [9.17, 15) is 4.79 Å². The van der Waals surface area contributed by atoms with Crippen LogP contribution in [-0.2, 0) is 4.74 Å². The number of piperidine rings is 2. The van der Waals surface area contributed by atoms with Crippen molar-refractivity contribution in [3.05, 3.63) is 112 Å². The fourth-order valence-corrected chi connectivity index (χ4v) is 9.01. The smallest absolute Gasteiger partial charge is 0.337 e. The zero-order valence-corrected chi connectivity index (χ0v) is 38.7. The number of rotatable bonds is 8. The van der Waals surface area contributed by atoms with E-state index < -0.39 is 0 Å². The molecule has 2 aliphatic heterocycles. The molecule has 0 amide bonds. The van der Waals surface area contributed by atoms with Gasteiger partial charge in [-0.1, -0.05) is 56.1 Å². The van der Waals surface area contributed by atoms with Gasteiger partial charge in [0.15, 0.2) is 21.9 Å². The Morgan fingerprint density at radius 1 is 0.700 bits per heavy atom. The van der Waals surface area contributed by atoms with E-state index in [0.29, 0.717) is 21.8 Å². The lowest BCUT2D eigenvalue weighted by Gasteiger charge is -2.34. The van der Waals surface area contributed by atoms with Crippen molar-refractivity contribution in [3.8, 4) is 0 Å². The van der Waals surface area contributed by atoms with Crippen molar-refractivity contribution in [2.45, 2.75) is 42.7 Å². The highest BCUT2D eigenvalue weighted by molar-refractivity contribution is 9.10. The number of esters is 1. The molecule has 2 aromatic heterocycles. The highest BCUT2D eigenvalue weighted by Gasteiger charge is 2.24. The third-order valence-corrected chi connectivity index (χ3v) is 12.5. The van der Waals surface area contributed by atoms with E-state index >= 15 is 0 Å². The molecular formula is C43H44Br2N10O2S3. The fraction of sp³-hybridized carbons (Fsp3) is 0.279. The summed E-state index contributed by atoms with van der Waals surface area (Å²) in [6, 6.07) is 28.3. The average molecular weight is 989 g/mol. The van der Waals surface area contributed by atoms with Crippen molar-refractivity contribution in [3.63, 3.8) is 0 Å². The van der Waals surface area contributed by atoms with Crippen molar-refractivity contribution < 1.29 is 9.53 Å². The molecule has 0 bridgehead atoms. The molecule has 2 saturated heterocycles. The number of fused-ring (bicyclic) bond motifs is 2. The van der Waals surface area contributed by atoms with E-state index in [1.807, 2.05) is 42.6 Å². The van der Waals surface area contributed by atoms with Crippen LogP contribution in [0.4, 0.5) is 23.0 Å². The number of aromatic nitrogens is 4. The van der Waals surface area contributed by atoms with Gasteiger partial charge in [-0.05, 0) is 117 Å². The van der Waals surface area contributed by atoms with E-state index in [-0.39, 0.29) is 12.0 Å². The molecule has 17 heteroatoms. The number of methoxy groups -OCH3 is 1. The summed E-state index contributed by atoms with van der Waals surface area (Å²) in [6.07, 6.45) is 9.53. The van der Waals surface area contributed by atoms with E-state index in [1.54, 1.807) is 36.2 Å². The number of thioether (sulfide) groups is 1. The topological polar surface area (TPSA) is 132 Å². The minimum absolute atomic E-state index is 0.259. The Hall–Kier alpha value is -4.68. The molecule has 2 aliphatic rings. The highest BCUT2D eigenvalue weighted by Crippen LogP contribution is 2.30. The SMILES string of the molecule is COC(=O)c1cccc(NC(=S)NC2CCN(c3nncc4ccc(Br)cc34)CC2)c1.CSc1cccc(NC(=S)NC2CCN(c3nncc4ccc(Br)cc34)CC2)c1. The minimum atomic E-state index is -0.376. The lowest BCUT2D eigenvalue weighted by Crippen LogP contribution is -2.46. The summed E-state index contributed by atoms with van der Waals surface area (Å²) in [4.78, 5) is 17.5. The first-order chi connectivity index (χ1) is 29.1. The standard InChI is InChI=1S/C22H22BrN5O2S.C21H22BrN5S2/c1-30-21(29)14-3-2-4-18(11-14)26-22(31)25-17-7-9-28(10-8-17)20-19-12-16(23)6-5-15(19)13-24-27-20;1-29-18-4-2-3-17(12-18)25-21(28)24-16-7-9-27(10-8-16)20-19-11-15(22)6-5-14(19)13-23-26-20/h2-6,11-13,17H,7-10H2,1H3,(H2,25,26,31);2-6,11-13,16H,7-10H2,1H3,(H2,24,25,28). The Balaban J connectivity index is 0.000000182. The van der Waals surface area contributed by atoms with Gasteiger partial charge in [0.1, 0.15) is 0 Å². The van der Waals surface area contributed by atoms with Crippen LogP contribution in [-0.4, -0.2) is 88.2 Å². The molecule has 8 rings (SSSR count). The fourth-order valence-electron chi connectivity index (χ4n) is 7.25. The second kappa shape index (κ2) is 20.7. The van der Waals surface area contributed by atoms with Gasteiger partial charge in [-0.25, -0.2) is 4.79 Å². The number of benzene rings is 4. The first-order valence-corrected chi connectivity index (χ1v) is 23.1. The van der Waals surface area contributed by atoms with Gasteiger partial charge in [0.05, 0.1) is 25.1 Å². The van der Waals surface area contributed by atoms with Crippen molar-refractivity contribution in [2.24, 2.45) is 0 Å². The van der Waals surface area contributed by atoms with Gasteiger partial charge in [0, 0.05) is 85.0 Å². The van der Waals surface area contributed by atoms with E-state index in [1.165, 1.54) is 12.0 Å². The van der Waals surface area contributed by atoms with Gasteiger partial charge < -0.3 is 35.8 Å². The molecule has 4 heterocycles. The lowest BCUT2D eigenvalue weighted by molar-refractivity contribution is 0.0600. The number of ether oxygens (including phenoxy) is 1. The summed E-state index contributed by atoms with van der Waals surface area (Å²) < 4.78 is 6.85. The van der Waals surface area contributed by atoms with E-state index in [0.717, 1.165) is 105 Å². The zero-order valence-electron chi connectivity index (χ0n) is 33.0. The van der Waals surface area contributed by atoms with Crippen LogP contribution in [0.2, 0.25) is 0 Å². The molecule has 6 aromatic rings. The maximum absolute atomic E-state index is 11.7. The van der Waals surface area contributed by atoms with Crippen molar-refractivity contribution in [1.29, 1.82) is 0 Å². The Kier molecular flexibility index (Phi) is 15.0. The van der Waals surface area contributed by atoms with Gasteiger partial charge in [-0.15, -0.1) is 22.0 Å². The molecular weight excluding hydrogens is 945 g/mol. The van der Waals surface area contributed by atoms with Crippen LogP contribution in [0.5, 0.6) is 0 Å². The molecule has 4 N–H and O–H groups in total. The van der Waals surface area contributed by atoms with Crippen molar-refractivity contribution >= 4 is 129 Å². The molecule has 310 valence electrons. The predicted molar refractivity (Wildman–Crippen MR) is 260 cm³/mol. The second-order valence-corrected chi connectivity index (χ2v) is 17.9. The van der Waals surface area contributed by atoms with Crippen LogP contribution < -0.4 is 31.1 Å². The van der Waals surface area contributed by atoms with Gasteiger partial charge in [-0.3, -0.25) is 0 Å². The number of thiocarbonyl (C=S) groups is 2. The summed E-state index contributed by atoms with van der Waals surface area (Å²) in [6.45, 7) is 3.56. The van der Waals surface area contributed by atoms with Gasteiger partial charge in [0.2, 0.25) is 0 Å². The number of nitrogens with zero attached hydrogens (tertiary/aromatic N) is 6. The molecule has 0 saturated carbocycles. The Morgan fingerprint density at radius 3 is 1.67 bits per heavy atom. The molecule has 4 aromatic carbocycles. The summed E-state index contributed by atoms with van der Waals surface area (Å²) in [7, 11) is 1.36. The number of hydrogen-bond donors (Lipinski definition) is 4. The quantitative estimate of drug-likeness (QED) is 0.0656. The normalized spacial score (nSPS) is 14.5. The van der Waals surface area contributed by atoms with Crippen molar-refractivity contribution in [2.75, 3.05) is 60.0 Å². The van der Waals surface area contributed by atoms with E-state index in [2.05, 4.69) is 120 Å². The number of nitrogens with one attached hydrogen (secondary N) is 4. The average Bonchev–Trinajstić information content (AvgIpc) is 3.26. The molecule has 60 heavy (non-hydrogen) atoms. The van der Waals surface area contributed by atoms with Crippen LogP contribution in [0.25, 0.3) is 21.5 Å². The first kappa shape index (κ1) is 43.4. The number of carbonyl (C=O) groups is 1. The number of halogens is 2. The highest BCUT2D eigenvalue weighted by atomic mass is 79.9. The molecule has 0 atom stereocenters. The van der Waals surface area contributed by atoms with Gasteiger partial charge in [0.25, 0.3) is 0 Å². The Morgan fingerprint density at radius 2 is 1.18 bits per heavy atom. The summed E-state index contributed by atoms with van der Waals surface area (Å²) in [5, 5.41) is 36.1. The maximum Gasteiger partial charge on any atom is 0.337 e. The number of carbonyl (C=O) groups excluding carboxylic acids is 1. The van der Waals surface area contributed by atoms with Crippen LogP contribution in [0, 0.1) is 0 Å². The maximum atomic E-state index is 11.7. The molecule has 2 fully saturated rings. The summed E-state index contributed by atoms with van der Waals surface area (Å²) in [5.74, 6) is 1.49. The van der Waals surface area contributed by atoms with Crippen molar-refractivity contribution in [1.82, 2.24) is 31.0 Å². The molecule has 0 unspecified atom stereocenters. The van der Waals surface area contributed by atoms with Crippen LogP contribution in [0.3, 0.4) is 0 Å². The third-order valence-electron chi connectivity index (χ3n) is 10.3. The first-order valence-electron chi connectivity index (χ1n) is 19.4. The largest absolute Gasteiger partial charge is 0.465 e. The van der Waals surface area contributed by atoms with E-state index in [4.69, 9.17) is 29.2 Å². The predicted octanol–water partition coefficient (Wildman–Crippen LogP) is 9.20. The Bertz CT molecular complexity index is 2480. The summed E-state index contributed by atoms with van der Waals surface area (Å²) >= 11 is 19.8.